The minimum Gasteiger partial charge on any atom is -0.497 e. The Morgan fingerprint density at radius 3 is 2.48 bits per heavy atom. The fraction of sp³-hybridized carbons (Fsp3) is 0.294. The van der Waals surface area contributed by atoms with Crippen molar-refractivity contribution in [2.45, 2.75) is 12.5 Å². The predicted molar refractivity (Wildman–Crippen MR) is 88.1 cm³/mol. The first-order valence-electron chi connectivity index (χ1n) is 7.49. The van der Waals surface area contributed by atoms with E-state index in [0.717, 1.165) is 5.56 Å². The molecule has 0 saturated heterocycles. The quantitative estimate of drug-likeness (QED) is 0.851. The second-order valence-corrected chi connectivity index (χ2v) is 5.42. The van der Waals surface area contributed by atoms with Gasteiger partial charge in [0.15, 0.2) is 0 Å². The van der Waals surface area contributed by atoms with Crippen LogP contribution in [0.1, 0.15) is 22.7 Å². The Labute approximate surface area is 144 Å². The van der Waals surface area contributed by atoms with Crippen molar-refractivity contribution in [1.82, 2.24) is 10.2 Å². The zero-order chi connectivity index (χ0) is 18.0. The molecule has 0 amide bonds. The first-order valence-corrected chi connectivity index (χ1v) is 7.49. The minimum absolute atomic E-state index is 0.0252. The number of benzene rings is 1. The molecule has 25 heavy (non-hydrogen) atoms. The summed E-state index contributed by atoms with van der Waals surface area (Å²) in [5, 5.41) is 16.7. The lowest BCUT2D eigenvalue weighted by Gasteiger charge is -2.24. The van der Waals surface area contributed by atoms with Crippen LogP contribution >= 0.6 is 0 Å². The van der Waals surface area contributed by atoms with Crippen molar-refractivity contribution in [1.29, 1.82) is 5.26 Å². The van der Waals surface area contributed by atoms with Gasteiger partial charge in [-0.15, -0.1) is 5.10 Å². The molecular weight excluding hydrogens is 324 g/mol. The summed E-state index contributed by atoms with van der Waals surface area (Å²) in [5.41, 5.74) is 8.44. The number of aromatic amines is 1. The number of rotatable bonds is 5. The Bertz CT molecular complexity index is 844. The van der Waals surface area contributed by atoms with Crippen LogP contribution in [0.25, 0.3) is 0 Å². The van der Waals surface area contributed by atoms with Gasteiger partial charge in [0.2, 0.25) is 11.8 Å². The number of nitrogens with zero attached hydrogens (tertiary/aromatic N) is 2. The van der Waals surface area contributed by atoms with Crippen LogP contribution in [-0.4, -0.2) is 31.5 Å². The van der Waals surface area contributed by atoms with Crippen LogP contribution in [-0.2, 0) is 11.3 Å². The number of nitrogens with one attached hydrogen (secondary N) is 1. The van der Waals surface area contributed by atoms with Crippen molar-refractivity contribution in [2.75, 3.05) is 21.3 Å². The number of hydrogen-bond donors (Lipinski definition) is 2. The Kier molecular flexibility index (Phi) is 4.50. The zero-order valence-electron chi connectivity index (χ0n) is 14.1. The lowest BCUT2D eigenvalue weighted by molar-refractivity contribution is 0.180. The minimum atomic E-state index is -0.471. The first kappa shape index (κ1) is 16.7. The van der Waals surface area contributed by atoms with Gasteiger partial charge in [-0.25, -0.2) is 0 Å². The highest BCUT2D eigenvalue weighted by Gasteiger charge is 2.35. The summed E-state index contributed by atoms with van der Waals surface area (Å²) in [6.07, 6.45) is 0. The van der Waals surface area contributed by atoms with E-state index in [1.165, 1.54) is 0 Å². The Hall–Kier alpha value is -3.18. The summed E-state index contributed by atoms with van der Waals surface area (Å²) < 4.78 is 21.4. The third-order valence-electron chi connectivity index (χ3n) is 4.01. The van der Waals surface area contributed by atoms with Crippen LogP contribution in [0.5, 0.6) is 17.4 Å². The first-order chi connectivity index (χ1) is 12.1. The van der Waals surface area contributed by atoms with Crippen LogP contribution in [0, 0.1) is 11.3 Å². The number of allylic oxidation sites excluding steroid dienone is 1. The fourth-order valence-corrected chi connectivity index (χ4v) is 2.89. The van der Waals surface area contributed by atoms with Crippen molar-refractivity contribution in [3.8, 4) is 23.4 Å². The molecular formula is C17H18N4O4. The zero-order valence-corrected chi connectivity index (χ0v) is 14.1. The summed E-state index contributed by atoms with van der Waals surface area (Å²) in [6.45, 7) is 0.294. The van der Waals surface area contributed by atoms with Gasteiger partial charge in [0.1, 0.15) is 23.1 Å². The molecule has 3 N–H and O–H groups in total. The molecule has 1 atom stereocenters. The number of nitrogens with two attached hydrogens (primary N) is 1. The van der Waals surface area contributed by atoms with Crippen LogP contribution in [0.4, 0.5) is 0 Å². The maximum atomic E-state index is 9.64. The fourth-order valence-electron chi connectivity index (χ4n) is 2.89. The van der Waals surface area contributed by atoms with Gasteiger partial charge in [-0.3, -0.25) is 5.10 Å². The van der Waals surface area contributed by atoms with Crippen LogP contribution in [0.3, 0.4) is 0 Å². The standard InChI is InChI=1S/C17H18N4O4/c1-22-8-13-15-14(9-4-10(23-2)6-11(5-9)24-3)12(7-18)16(19)25-17(15)21-20-13/h4-6,14H,8,19H2,1-3H3,(H,20,21)/t14-/m0/s1. The number of H-pyrrole nitrogens is 1. The Morgan fingerprint density at radius 2 is 1.92 bits per heavy atom. The van der Waals surface area contributed by atoms with Gasteiger partial charge in [-0.1, -0.05) is 0 Å². The predicted octanol–water partition coefficient (Wildman–Crippen LogP) is 1.79. The average molecular weight is 342 g/mol. The summed E-state index contributed by atoms with van der Waals surface area (Å²) >= 11 is 0. The van der Waals surface area contributed by atoms with Gasteiger partial charge in [-0.05, 0) is 17.7 Å². The van der Waals surface area contributed by atoms with E-state index in [2.05, 4.69) is 16.3 Å². The molecule has 2 aromatic rings. The van der Waals surface area contributed by atoms with Gasteiger partial charge in [-0.2, -0.15) is 5.26 Å². The van der Waals surface area contributed by atoms with E-state index in [1.807, 2.05) is 12.1 Å². The van der Waals surface area contributed by atoms with Crippen molar-refractivity contribution < 1.29 is 18.9 Å². The van der Waals surface area contributed by atoms with Crippen molar-refractivity contribution in [3.63, 3.8) is 0 Å². The number of hydrogen-bond acceptors (Lipinski definition) is 7. The van der Waals surface area contributed by atoms with E-state index in [9.17, 15) is 5.26 Å². The third-order valence-corrected chi connectivity index (χ3v) is 4.01. The van der Waals surface area contributed by atoms with Crippen molar-refractivity contribution >= 4 is 0 Å². The lowest BCUT2D eigenvalue weighted by atomic mass is 9.84. The second kappa shape index (κ2) is 6.75. The monoisotopic (exact) mass is 342 g/mol. The van der Waals surface area contributed by atoms with Gasteiger partial charge in [0.25, 0.3) is 0 Å². The van der Waals surface area contributed by atoms with Gasteiger partial charge >= 0.3 is 0 Å². The Morgan fingerprint density at radius 1 is 1.24 bits per heavy atom. The molecule has 0 aliphatic carbocycles. The highest BCUT2D eigenvalue weighted by molar-refractivity contribution is 5.57. The van der Waals surface area contributed by atoms with Crippen LogP contribution in [0.2, 0.25) is 0 Å². The summed E-state index contributed by atoms with van der Waals surface area (Å²) in [5.74, 6) is 1.10. The summed E-state index contributed by atoms with van der Waals surface area (Å²) in [6, 6.07) is 7.56. The lowest BCUT2D eigenvalue weighted by Crippen LogP contribution is -2.21. The second-order valence-electron chi connectivity index (χ2n) is 5.42. The highest BCUT2D eigenvalue weighted by atomic mass is 16.5. The number of methoxy groups -OCH3 is 3. The number of fused-ring (bicyclic) bond motifs is 1. The normalized spacial score (nSPS) is 16.0. The molecule has 1 aromatic heterocycles. The molecule has 130 valence electrons. The van der Waals surface area contributed by atoms with E-state index in [-0.39, 0.29) is 5.88 Å². The molecule has 0 bridgehead atoms. The smallest absolute Gasteiger partial charge is 0.244 e. The maximum absolute atomic E-state index is 9.64. The van der Waals surface area contributed by atoms with Crippen molar-refractivity contribution in [2.24, 2.45) is 5.73 Å². The highest BCUT2D eigenvalue weighted by Crippen LogP contribution is 2.44. The molecule has 1 aliphatic heterocycles. The molecule has 0 fully saturated rings. The molecule has 0 saturated carbocycles. The maximum Gasteiger partial charge on any atom is 0.244 e. The number of ether oxygens (including phenoxy) is 4. The van der Waals surface area contributed by atoms with E-state index in [4.69, 9.17) is 24.7 Å². The molecule has 8 heteroatoms. The molecule has 0 spiro atoms. The van der Waals surface area contributed by atoms with Crippen LogP contribution < -0.4 is 19.9 Å². The average Bonchev–Trinajstić information content (AvgIpc) is 3.02. The number of aromatic nitrogens is 2. The topological polar surface area (TPSA) is 115 Å². The van der Waals surface area contributed by atoms with E-state index in [1.54, 1.807) is 27.4 Å². The molecule has 8 nitrogen and oxygen atoms in total. The molecule has 0 radical (unpaired) electrons. The molecule has 1 aliphatic rings. The largest absolute Gasteiger partial charge is 0.497 e. The van der Waals surface area contributed by atoms with E-state index in [0.29, 0.717) is 40.8 Å². The van der Waals surface area contributed by atoms with E-state index >= 15 is 0 Å². The SMILES string of the molecule is COCc1[nH]nc2c1[C@@H](c1cc(OC)cc(OC)c1)C(C#N)=C(N)O2. The summed E-state index contributed by atoms with van der Waals surface area (Å²) in [4.78, 5) is 0. The number of nitriles is 1. The third kappa shape index (κ3) is 2.86. The Balaban J connectivity index is 2.23. The molecule has 1 aromatic carbocycles. The molecule has 3 rings (SSSR count). The van der Waals surface area contributed by atoms with Gasteiger partial charge in [0.05, 0.1) is 38.0 Å². The van der Waals surface area contributed by atoms with E-state index < -0.39 is 5.92 Å². The van der Waals surface area contributed by atoms with Gasteiger partial charge in [0, 0.05) is 13.2 Å². The van der Waals surface area contributed by atoms with Crippen molar-refractivity contribution in [3.05, 3.63) is 46.5 Å². The summed E-state index contributed by atoms with van der Waals surface area (Å²) in [7, 11) is 4.71. The van der Waals surface area contributed by atoms with Gasteiger partial charge < -0.3 is 24.7 Å². The van der Waals surface area contributed by atoms with Crippen LogP contribution in [0.15, 0.2) is 29.7 Å². The molecule has 2 heterocycles. The molecule has 0 unspecified atom stereocenters.